The first kappa shape index (κ1) is 13.9. The molecular weight excluding hydrogens is 196 g/mol. The summed E-state index contributed by atoms with van der Waals surface area (Å²) in [6.45, 7) is 5.47. The Morgan fingerprint density at radius 3 is 2.00 bits per heavy atom. The highest BCUT2D eigenvalue weighted by Gasteiger charge is 2.36. The SMILES string of the molecule is CCN(C(=O)CN(C)C)C(C)(C)C(=O)O. The van der Waals surface area contributed by atoms with E-state index in [0.29, 0.717) is 6.54 Å². The lowest BCUT2D eigenvalue weighted by Crippen LogP contribution is -2.54. The van der Waals surface area contributed by atoms with E-state index in [1.165, 1.54) is 18.7 Å². The van der Waals surface area contributed by atoms with Gasteiger partial charge in [0, 0.05) is 6.54 Å². The molecule has 5 nitrogen and oxygen atoms in total. The van der Waals surface area contributed by atoms with E-state index in [-0.39, 0.29) is 12.5 Å². The van der Waals surface area contributed by atoms with Crippen LogP contribution in [0.4, 0.5) is 0 Å². The fourth-order valence-electron chi connectivity index (χ4n) is 1.35. The molecule has 15 heavy (non-hydrogen) atoms. The van der Waals surface area contributed by atoms with E-state index >= 15 is 0 Å². The van der Waals surface area contributed by atoms with Crippen LogP contribution in [0.3, 0.4) is 0 Å². The van der Waals surface area contributed by atoms with Crippen LogP contribution in [0.15, 0.2) is 0 Å². The zero-order valence-corrected chi connectivity index (χ0v) is 10.1. The van der Waals surface area contributed by atoms with Gasteiger partial charge in [0.15, 0.2) is 0 Å². The Hall–Kier alpha value is -1.10. The maximum absolute atomic E-state index is 11.8. The molecule has 1 N–H and O–H groups in total. The van der Waals surface area contributed by atoms with Crippen molar-refractivity contribution in [1.82, 2.24) is 9.80 Å². The van der Waals surface area contributed by atoms with Crippen LogP contribution in [0, 0.1) is 0 Å². The highest BCUT2D eigenvalue weighted by atomic mass is 16.4. The molecule has 0 aliphatic rings. The van der Waals surface area contributed by atoms with Gasteiger partial charge in [-0.05, 0) is 34.9 Å². The molecular formula is C10H20N2O3. The number of likely N-dealkylation sites (N-methyl/N-ethyl adjacent to an activating group) is 2. The van der Waals surface area contributed by atoms with Crippen molar-refractivity contribution in [2.24, 2.45) is 0 Å². The second-order valence-corrected chi connectivity index (χ2v) is 4.24. The van der Waals surface area contributed by atoms with Crippen molar-refractivity contribution in [2.45, 2.75) is 26.3 Å². The lowest BCUT2D eigenvalue weighted by molar-refractivity contribution is -0.156. The molecule has 0 saturated carbocycles. The van der Waals surface area contributed by atoms with Crippen LogP contribution in [0.1, 0.15) is 20.8 Å². The van der Waals surface area contributed by atoms with Gasteiger partial charge in [0.1, 0.15) is 5.54 Å². The van der Waals surface area contributed by atoms with Gasteiger partial charge in [-0.15, -0.1) is 0 Å². The fourth-order valence-corrected chi connectivity index (χ4v) is 1.35. The van der Waals surface area contributed by atoms with Crippen LogP contribution in [-0.2, 0) is 9.59 Å². The van der Waals surface area contributed by atoms with Gasteiger partial charge in [-0.3, -0.25) is 4.79 Å². The summed E-state index contributed by atoms with van der Waals surface area (Å²) in [5, 5.41) is 9.02. The maximum atomic E-state index is 11.8. The zero-order valence-electron chi connectivity index (χ0n) is 10.1. The Morgan fingerprint density at radius 1 is 1.27 bits per heavy atom. The Bertz CT molecular complexity index is 249. The van der Waals surface area contributed by atoms with Crippen LogP contribution in [-0.4, -0.2) is 59.5 Å². The van der Waals surface area contributed by atoms with E-state index in [1.807, 2.05) is 0 Å². The molecule has 1 amide bonds. The van der Waals surface area contributed by atoms with E-state index in [2.05, 4.69) is 0 Å². The minimum absolute atomic E-state index is 0.171. The van der Waals surface area contributed by atoms with Crippen molar-refractivity contribution in [3.63, 3.8) is 0 Å². The molecule has 88 valence electrons. The van der Waals surface area contributed by atoms with Gasteiger partial charge in [0.2, 0.25) is 5.91 Å². The molecule has 0 unspecified atom stereocenters. The Morgan fingerprint density at radius 2 is 1.73 bits per heavy atom. The average Bonchev–Trinajstić information content (AvgIpc) is 2.02. The summed E-state index contributed by atoms with van der Waals surface area (Å²) < 4.78 is 0. The van der Waals surface area contributed by atoms with Gasteiger partial charge in [-0.1, -0.05) is 0 Å². The maximum Gasteiger partial charge on any atom is 0.329 e. The second-order valence-electron chi connectivity index (χ2n) is 4.24. The highest BCUT2D eigenvalue weighted by Crippen LogP contribution is 2.14. The van der Waals surface area contributed by atoms with Gasteiger partial charge in [-0.25, -0.2) is 4.79 Å². The lowest BCUT2D eigenvalue weighted by atomic mass is 10.0. The molecule has 0 fully saturated rings. The third-order valence-electron chi connectivity index (χ3n) is 2.27. The lowest BCUT2D eigenvalue weighted by Gasteiger charge is -2.34. The Balaban J connectivity index is 4.76. The molecule has 0 aliphatic carbocycles. The quantitative estimate of drug-likeness (QED) is 0.716. The van der Waals surface area contributed by atoms with Crippen molar-refractivity contribution in [2.75, 3.05) is 27.2 Å². The third-order valence-corrected chi connectivity index (χ3v) is 2.27. The van der Waals surface area contributed by atoms with E-state index in [0.717, 1.165) is 0 Å². The van der Waals surface area contributed by atoms with Crippen LogP contribution in [0.5, 0.6) is 0 Å². The molecule has 0 aromatic heterocycles. The summed E-state index contributed by atoms with van der Waals surface area (Å²) in [4.78, 5) is 25.9. The van der Waals surface area contributed by atoms with Gasteiger partial charge in [0.25, 0.3) is 0 Å². The topological polar surface area (TPSA) is 60.9 Å². The predicted molar refractivity (Wildman–Crippen MR) is 57.7 cm³/mol. The molecule has 0 aromatic carbocycles. The summed E-state index contributed by atoms with van der Waals surface area (Å²) in [7, 11) is 3.55. The Labute approximate surface area is 90.7 Å². The van der Waals surface area contributed by atoms with Crippen molar-refractivity contribution in [3.05, 3.63) is 0 Å². The molecule has 0 saturated heterocycles. The minimum Gasteiger partial charge on any atom is -0.480 e. The molecule has 0 rings (SSSR count). The van der Waals surface area contributed by atoms with Gasteiger partial charge in [-0.2, -0.15) is 0 Å². The first-order chi connectivity index (χ1) is 6.73. The number of carboxylic acid groups (broad SMARTS) is 1. The summed E-state index contributed by atoms with van der Waals surface area (Å²) in [5.74, 6) is -1.16. The predicted octanol–water partition coefficient (Wildman–Crippen LogP) is 0.260. The van der Waals surface area contributed by atoms with Crippen LogP contribution >= 0.6 is 0 Å². The smallest absolute Gasteiger partial charge is 0.329 e. The van der Waals surface area contributed by atoms with E-state index in [1.54, 1.807) is 25.9 Å². The van der Waals surface area contributed by atoms with Gasteiger partial charge in [0.05, 0.1) is 6.54 Å². The minimum atomic E-state index is -1.15. The average molecular weight is 216 g/mol. The number of carboxylic acids is 1. The summed E-state index contributed by atoms with van der Waals surface area (Å²) >= 11 is 0. The van der Waals surface area contributed by atoms with Crippen molar-refractivity contribution < 1.29 is 14.7 Å². The third kappa shape index (κ3) is 3.51. The first-order valence-corrected chi connectivity index (χ1v) is 4.92. The number of hydrogen-bond acceptors (Lipinski definition) is 3. The van der Waals surface area contributed by atoms with Crippen LogP contribution in [0.2, 0.25) is 0 Å². The normalized spacial score (nSPS) is 11.6. The van der Waals surface area contributed by atoms with Crippen molar-refractivity contribution in [3.8, 4) is 0 Å². The molecule has 0 bridgehead atoms. The number of rotatable bonds is 5. The zero-order chi connectivity index (χ0) is 12.2. The highest BCUT2D eigenvalue weighted by molar-refractivity contribution is 5.87. The van der Waals surface area contributed by atoms with E-state index < -0.39 is 11.5 Å². The number of carbonyl (C=O) groups is 2. The van der Waals surface area contributed by atoms with Gasteiger partial charge >= 0.3 is 5.97 Å². The molecule has 0 spiro atoms. The number of hydrogen-bond donors (Lipinski definition) is 1. The molecule has 0 aromatic rings. The standard InChI is InChI=1S/C10H20N2O3/c1-6-12(8(13)7-11(4)5)10(2,3)9(14)15/h6-7H2,1-5H3,(H,14,15). The molecule has 0 heterocycles. The van der Waals surface area contributed by atoms with Crippen LogP contribution < -0.4 is 0 Å². The molecule has 0 atom stereocenters. The van der Waals surface area contributed by atoms with E-state index in [4.69, 9.17) is 5.11 Å². The summed E-state index contributed by atoms with van der Waals surface area (Å²) in [6, 6.07) is 0. The summed E-state index contributed by atoms with van der Waals surface area (Å²) in [6.07, 6.45) is 0. The van der Waals surface area contributed by atoms with Crippen LogP contribution in [0.25, 0.3) is 0 Å². The first-order valence-electron chi connectivity index (χ1n) is 4.92. The Kier molecular flexibility index (Phi) is 4.74. The second kappa shape index (κ2) is 5.11. The molecule has 5 heteroatoms. The number of carbonyl (C=O) groups excluding carboxylic acids is 1. The van der Waals surface area contributed by atoms with Crippen molar-refractivity contribution >= 4 is 11.9 Å². The number of aliphatic carboxylic acids is 1. The number of amides is 1. The summed E-state index contributed by atoms with van der Waals surface area (Å²) in [5.41, 5.74) is -1.15. The number of nitrogens with zero attached hydrogens (tertiary/aromatic N) is 2. The fraction of sp³-hybridized carbons (Fsp3) is 0.800. The molecule has 0 aliphatic heterocycles. The monoisotopic (exact) mass is 216 g/mol. The van der Waals surface area contributed by atoms with Gasteiger partial charge < -0.3 is 14.9 Å². The molecule has 0 radical (unpaired) electrons. The van der Waals surface area contributed by atoms with E-state index in [9.17, 15) is 9.59 Å². The van der Waals surface area contributed by atoms with Crippen molar-refractivity contribution in [1.29, 1.82) is 0 Å². The largest absolute Gasteiger partial charge is 0.480 e.